The average Bonchev–Trinajstić information content (AvgIpc) is 3.47. The molecule has 0 unspecified atom stereocenters. The number of methoxy groups -OCH3 is 1. The summed E-state index contributed by atoms with van der Waals surface area (Å²) in [6.45, 7) is 3.60. The predicted molar refractivity (Wildman–Crippen MR) is 129 cm³/mol. The zero-order chi connectivity index (χ0) is 22.6. The number of ketones is 1. The molecule has 1 aliphatic carbocycles. The first-order valence-corrected chi connectivity index (χ1v) is 12.2. The van der Waals surface area contributed by atoms with Crippen LogP contribution in [0.5, 0.6) is 5.75 Å². The third-order valence-electron chi connectivity index (χ3n) is 6.12. The van der Waals surface area contributed by atoms with Crippen molar-refractivity contribution in [1.82, 2.24) is 0 Å². The predicted octanol–water partition coefficient (Wildman–Crippen LogP) is 6.36. The van der Waals surface area contributed by atoms with Crippen LogP contribution in [-0.4, -0.2) is 31.7 Å². The van der Waals surface area contributed by atoms with Gasteiger partial charge >= 0.3 is 0 Å². The summed E-state index contributed by atoms with van der Waals surface area (Å²) in [6.07, 6.45) is 19.6. The Kier molecular flexibility index (Phi) is 10.2. The second kappa shape index (κ2) is 13.4. The summed E-state index contributed by atoms with van der Waals surface area (Å²) in [5.41, 5.74) is 2.07. The van der Waals surface area contributed by atoms with Gasteiger partial charge in [0.15, 0.2) is 5.78 Å². The van der Waals surface area contributed by atoms with Gasteiger partial charge in [0.25, 0.3) is 0 Å². The highest BCUT2D eigenvalue weighted by Crippen LogP contribution is 2.33. The van der Waals surface area contributed by atoms with Crippen LogP contribution < -0.4 is 4.74 Å². The number of epoxide rings is 1. The van der Waals surface area contributed by atoms with Gasteiger partial charge in [0.2, 0.25) is 0 Å². The lowest BCUT2D eigenvalue weighted by atomic mass is 9.96. The summed E-state index contributed by atoms with van der Waals surface area (Å²) in [6, 6.07) is 7.97. The van der Waals surface area contributed by atoms with Crippen molar-refractivity contribution in [3.8, 4) is 5.75 Å². The number of rotatable bonds is 15. The standard InChI is InChI=1S/C28H38O4/c1-3-4-5-6-7-8-11-23-15-18-26(29)25(23)20-28-27(32-28)12-9-10-19-31-21-22-13-16-24(30-2)17-14-22/h7-8,13-18,20,23,27-28H,3-6,9-12,19,21H2,1-2H3/b8-7-,25-20+/t23-,27+,28+/m0/s1. The number of ether oxygens (including phenoxy) is 3. The molecule has 1 heterocycles. The summed E-state index contributed by atoms with van der Waals surface area (Å²) in [5, 5.41) is 0. The van der Waals surface area contributed by atoms with E-state index in [4.69, 9.17) is 14.2 Å². The molecule has 0 N–H and O–H groups in total. The molecule has 0 saturated carbocycles. The second-order valence-corrected chi connectivity index (χ2v) is 8.69. The van der Waals surface area contributed by atoms with E-state index in [2.05, 4.69) is 25.2 Å². The highest BCUT2D eigenvalue weighted by molar-refractivity contribution is 6.07. The smallest absolute Gasteiger partial charge is 0.181 e. The number of carbonyl (C=O) groups is 1. The minimum absolute atomic E-state index is 0.102. The van der Waals surface area contributed by atoms with Gasteiger partial charge in [-0.15, -0.1) is 0 Å². The lowest BCUT2D eigenvalue weighted by molar-refractivity contribution is -0.111. The normalized spacial score (nSPS) is 23.5. The molecule has 1 aromatic carbocycles. The van der Waals surface area contributed by atoms with Crippen LogP contribution in [0.3, 0.4) is 0 Å². The van der Waals surface area contributed by atoms with E-state index in [-0.39, 0.29) is 23.9 Å². The first kappa shape index (κ1) is 24.5. The summed E-state index contributed by atoms with van der Waals surface area (Å²) in [7, 11) is 1.67. The maximum Gasteiger partial charge on any atom is 0.181 e. The Hall–Kier alpha value is -2.17. The Morgan fingerprint density at radius 3 is 2.69 bits per heavy atom. The fourth-order valence-corrected chi connectivity index (χ4v) is 4.04. The van der Waals surface area contributed by atoms with E-state index in [1.807, 2.05) is 30.3 Å². The summed E-state index contributed by atoms with van der Waals surface area (Å²) in [5.74, 6) is 1.22. The average molecular weight is 439 g/mol. The lowest BCUT2D eigenvalue weighted by Crippen LogP contribution is -2.05. The molecule has 1 saturated heterocycles. The third-order valence-corrected chi connectivity index (χ3v) is 6.12. The highest BCUT2D eigenvalue weighted by Gasteiger charge is 2.38. The molecule has 0 spiro atoms. The van der Waals surface area contributed by atoms with Crippen LogP contribution in [0.2, 0.25) is 0 Å². The first-order chi connectivity index (χ1) is 15.7. The molecule has 1 fully saturated rings. The van der Waals surface area contributed by atoms with Crippen molar-refractivity contribution >= 4 is 5.78 Å². The van der Waals surface area contributed by atoms with Crippen molar-refractivity contribution in [2.75, 3.05) is 13.7 Å². The molecular weight excluding hydrogens is 400 g/mol. The number of carbonyl (C=O) groups excluding carboxylic acids is 1. The minimum Gasteiger partial charge on any atom is -0.497 e. The number of hydrogen-bond acceptors (Lipinski definition) is 4. The van der Waals surface area contributed by atoms with Crippen molar-refractivity contribution < 1.29 is 19.0 Å². The fourth-order valence-electron chi connectivity index (χ4n) is 4.04. The van der Waals surface area contributed by atoms with E-state index in [9.17, 15) is 4.79 Å². The maximum absolute atomic E-state index is 12.3. The van der Waals surface area contributed by atoms with Crippen LogP contribution in [-0.2, 0) is 20.9 Å². The van der Waals surface area contributed by atoms with Crippen LogP contribution in [0.4, 0.5) is 0 Å². The van der Waals surface area contributed by atoms with Crippen molar-refractivity contribution in [3.05, 3.63) is 65.8 Å². The van der Waals surface area contributed by atoms with Gasteiger partial charge in [-0.3, -0.25) is 4.79 Å². The van der Waals surface area contributed by atoms with E-state index in [0.29, 0.717) is 6.61 Å². The van der Waals surface area contributed by atoms with Gasteiger partial charge in [-0.2, -0.15) is 0 Å². The second-order valence-electron chi connectivity index (χ2n) is 8.69. The Morgan fingerprint density at radius 1 is 1.06 bits per heavy atom. The quantitative estimate of drug-likeness (QED) is 0.138. The minimum atomic E-state index is 0.102. The van der Waals surface area contributed by atoms with E-state index in [1.54, 1.807) is 13.2 Å². The number of allylic oxidation sites excluding steroid dienone is 5. The molecule has 4 nitrogen and oxygen atoms in total. The van der Waals surface area contributed by atoms with E-state index >= 15 is 0 Å². The topological polar surface area (TPSA) is 48.1 Å². The SMILES string of the molecule is CCCCC/C=C\C[C@H]1C=CC(=O)/C1=C/[C@H]1O[C@@H]1CCCCOCc1ccc(OC)cc1. The summed E-state index contributed by atoms with van der Waals surface area (Å²) >= 11 is 0. The molecule has 2 aliphatic rings. The Labute approximate surface area is 193 Å². The molecular formula is C28H38O4. The molecule has 0 bridgehead atoms. The number of hydrogen-bond donors (Lipinski definition) is 0. The van der Waals surface area contributed by atoms with Gasteiger partial charge in [-0.1, -0.05) is 50.1 Å². The molecule has 0 amide bonds. The van der Waals surface area contributed by atoms with Crippen molar-refractivity contribution in [2.45, 2.75) is 77.1 Å². The molecule has 4 heteroatoms. The van der Waals surface area contributed by atoms with E-state index < -0.39 is 0 Å². The Morgan fingerprint density at radius 2 is 1.91 bits per heavy atom. The Balaban J connectivity index is 1.29. The lowest BCUT2D eigenvalue weighted by Gasteiger charge is -2.07. The molecule has 3 atom stereocenters. The molecule has 0 radical (unpaired) electrons. The van der Waals surface area contributed by atoms with E-state index in [0.717, 1.165) is 55.6 Å². The molecule has 1 aliphatic heterocycles. The van der Waals surface area contributed by atoms with Crippen LogP contribution in [0.15, 0.2) is 60.2 Å². The van der Waals surface area contributed by atoms with Crippen LogP contribution in [0.25, 0.3) is 0 Å². The molecule has 0 aromatic heterocycles. The zero-order valence-corrected chi connectivity index (χ0v) is 19.6. The van der Waals surface area contributed by atoms with Crippen molar-refractivity contribution in [2.24, 2.45) is 5.92 Å². The highest BCUT2D eigenvalue weighted by atomic mass is 16.6. The Bertz CT molecular complexity index is 790. The van der Waals surface area contributed by atoms with Gasteiger partial charge in [-0.25, -0.2) is 0 Å². The maximum atomic E-state index is 12.3. The third kappa shape index (κ3) is 8.07. The van der Waals surface area contributed by atoms with Crippen LogP contribution in [0, 0.1) is 5.92 Å². The van der Waals surface area contributed by atoms with Crippen molar-refractivity contribution in [1.29, 1.82) is 0 Å². The monoisotopic (exact) mass is 438 g/mol. The largest absolute Gasteiger partial charge is 0.497 e. The van der Waals surface area contributed by atoms with Gasteiger partial charge in [-0.05, 0) is 68.4 Å². The summed E-state index contributed by atoms with van der Waals surface area (Å²) in [4.78, 5) is 12.3. The zero-order valence-electron chi connectivity index (χ0n) is 19.6. The fraction of sp³-hybridized carbons (Fsp3) is 0.536. The molecule has 32 heavy (non-hydrogen) atoms. The molecule has 174 valence electrons. The first-order valence-electron chi connectivity index (χ1n) is 12.2. The van der Waals surface area contributed by atoms with Gasteiger partial charge in [0.1, 0.15) is 11.9 Å². The number of benzene rings is 1. The van der Waals surface area contributed by atoms with Gasteiger partial charge in [0, 0.05) is 18.1 Å². The summed E-state index contributed by atoms with van der Waals surface area (Å²) < 4.78 is 16.8. The van der Waals surface area contributed by atoms with Gasteiger partial charge < -0.3 is 14.2 Å². The van der Waals surface area contributed by atoms with Crippen LogP contribution >= 0.6 is 0 Å². The van der Waals surface area contributed by atoms with Crippen molar-refractivity contribution in [3.63, 3.8) is 0 Å². The number of unbranched alkanes of at least 4 members (excludes halogenated alkanes) is 4. The molecule has 1 aromatic rings. The van der Waals surface area contributed by atoms with Gasteiger partial charge in [0.05, 0.1) is 19.8 Å². The van der Waals surface area contributed by atoms with E-state index in [1.165, 1.54) is 19.3 Å². The molecule has 3 rings (SSSR count). The van der Waals surface area contributed by atoms with Crippen LogP contribution in [0.1, 0.15) is 63.9 Å².